The molecule has 0 aliphatic carbocycles. The van der Waals surface area contributed by atoms with Gasteiger partial charge in [0.15, 0.2) is 0 Å². The first-order valence-electron chi connectivity index (χ1n) is 14.5. The van der Waals surface area contributed by atoms with Crippen molar-refractivity contribution >= 4 is 28.5 Å². The van der Waals surface area contributed by atoms with Crippen molar-refractivity contribution in [1.82, 2.24) is 4.57 Å². The van der Waals surface area contributed by atoms with Crippen molar-refractivity contribution in [2.75, 3.05) is 25.1 Å². The molecule has 1 aromatic heterocycles. The lowest BCUT2D eigenvalue weighted by Crippen LogP contribution is -2.41. The van der Waals surface area contributed by atoms with E-state index in [1.54, 1.807) is 13.0 Å². The molecule has 6 rings (SSSR count). The number of rotatable bonds is 8. The molecule has 2 heterocycles. The number of anilines is 1. The van der Waals surface area contributed by atoms with Crippen LogP contribution in [0.2, 0.25) is 0 Å². The van der Waals surface area contributed by atoms with Gasteiger partial charge in [-0.1, -0.05) is 54.1 Å². The monoisotopic (exact) mass is 592 g/mol. The van der Waals surface area contributed by atoms with Gasteiger partial charge in [0.1, 0.15) is 36.6 Å². The highest BCUT2D eigenvalue weighted by atomic mass is 19.1. The number of ether oxygens (including phenoxy) is 3. The number of esters is 1. The maximum absolute atomic E-state index is 15.5. The summed E-state index contributed by atoms with van der Waals surface area (Å²) in [4.78, 5) is 28.8. The van der Waals surface area contributed by atoms with Crippen LogP contribution in [0.1, 0.15) is 32.7 Å². The maximum atomic E-state index is 15.5. The molecule has 1 aliphatic rings. The third kappa shape index (κ3) is 5.88. The number of nitrogens with zero attached hydrogens (tertiary/aromatic N) is 2. The standard InChI is InChI=1S/C36H33FN2O5/c1-23-13-16-32-30(17-23)29(19-35(40)43-21-25-9-5-4-6-10-25)24(2)39(32)36(41)28-15-14-26(18-31(28)37)42-22-27-20-38(3)33-11-7-8-12-34(33)44-27/h4-18,27H,19-22H2,1-3H3/t27-/m0/s1. The summed E-state index contributed by atoms with van der Waals surface area (Å²) >= 11 is 0. The Morgan fingerprint density at radius 1 is 0.955 bits per heavy atom. The van der Waals surface area contributed by atoms with Crippen molar-refractivity contribution in [3.63, 3.8) is 0 Å². The highest BCUT2D eigenvalue weighted by Crippen LogP contribution is 2.33. The van der Waals surface area contributed by atoms with E-state index in [1.165, 1.54) is 16.7 Å². The van der Waals surface area contributed by atoms with E-state index in [0.717, 1.165) is 28.0 Å². The van der Waals surface area contributed by atoms with Crippen LogP contribution in [0.4, 0.5) is 10.1 Å². The first kappa shape index (κ1) is 29.0. The molecule has 8 heteroatoms. The largest absolute Gasteiger partial charge is 0.490 e. The van der Waals surface area contributed by atoms with Crippen LogP contribution in [0.5, 0.6) is 11.5 Å². The van der Waals surface area contributed by atoms with E-state index in [0.29, 0.717) is 29.1 Å². The third-order valence-corrected chi connectivity index (χ3v) is 7.91. The second kappa shape index (κ2) is 12.2. The van der Waals surface area contributed by atoms with Gasteiger partial charge in [0, 0.05) is 24.2 Å². The minimum atomic E-state index is -0.697. The maximum Gasteiger partial charge on any atom is 0.310 e. The highest BCUT2D eigenvalue weighted by Gasteiger charge is 2.26. The average Bonchev–Trinajstić information content (AvgIpc) is 3.29. The Hall–Kier alpha value is -5.11. The number of aryl methyl sites for hydroxylation is 1. The van der Waals surface area contributed by atoms with Gasteiger partial charge >= 0.3 is 5.97 Å². The van der Waals surface area contributed by atoms with Gasteiger partial charge in [-0.2, -0.15) is 0 Å². The van der Waals surface area contributed by atoms with Crippen LogP contribution in [-0.4, -0.2) is 42.7 Å². The van der Waals surface area contributed by atoms with E-state index in [1.807, 2.05) is 86.8 Å². The Morgan fingerprint density at radius 3 is 2.52 bits per heavy atom. The van der Waals surface area contributed by atoms with Gasteiger partial charge in [0.05, 0.1) is 29.7 Å². The summed E-state index contributed by atoms with van der Waals surface area (Å²) in [6.07, 6.45) is -0.258. The number of benzene rings is 4. The molecule has 0 spiro atoms. The van der Waals surface area contributed by atoms with Gasteiger partial charge in [-0.3, -0.25) is 14.2 Å². The highest BCUT2D eigenvalue weighted by molar-refractivity contribution is 6.05. The summed E-state index contributed by atoms with van der Waals surface area (Å²) in [6.45, 7) is 4.71. The number of hydrogen-bond acceptors (Lipinski definition) is 6. The summed E-state index contributed by atoms with van der Waals surface area (Å²) in [5, 5.41) is 0.756. The second-order valence-electron chi connectivity index (χ2n) is 11.1. The molecule has 1 aliphatic heterocycles. The Bertz CT molecular complexity index is 1850. The summed E-state index contributed by atoms with van der Waals surface area (Å²) in [5.74, 6) is -0.560. The van der Waals surface area contributed by atoms with E-state index in [4.69, 9.17) is 14.2 Å². The molecule has 0 amide bonds. The molecule has 224 valence electrons. The van der Waals surface area contributed by atoms with E-state index in [9.17, 15) is 9.59 Å². The first-order valence-corrected chi connectivity index (χ1v) is 14.5. The molecule has 0 unspecified atom stereocenters. The van der Waals surface area contributed by atoms with Crippen LogP contribution in [-0.2, 0) is 22.6 Å². The third-order valence-electron chi connectivity index (χ3n) is 7.91. The number of para-hydroxylation sites is 2. The quantitative estimate of drug-likeness (QED) is 0.188. The number of hydrogen-bond donors (Lipinski definition) is 0. The smallest absolute Gasteiger partial charge is 0.310 e. The number of halogens is 1. The molecule has 0 saturated carbocycles. The van der Waals surface area contributed by atoms with E-state index in [-0.39, 0.29) is 31.3 Å². The average molecular weight is 593 g/mol. The van der Waals surface area contributed by atoms with Gasteiger partial charge in [0.2, 0.25) is 0 Å². The Balaban J connectivity index is 1.20. The van der Waals surface area contributed by atoms with Gasteiger partial charge < -0.3 is 19.1 Å². The summed E-state index contributed by atoms with van der Waals surface area (Å²) < 4.78 is 34.4. The number of carbonyl (C=O) groups excluding carboxylic acids is 2. The molecule has 44 heavy (non-hydrogen) atoms. The molecule has 4 aromatic carbocycles. The van der Waals surface area contributed by atoms with Crippen molar-refractivity contribution in [2.24, 2.45) is 0 Å². The van der Waals surface area contributed by atoms with Crippen molar-refractivity contribution in [2.45, 2.75) is 33.0 Å². The summed E-state index contributed by atoms with van der Waals surface area (Å²) in [7, 11) is 1.99. The predicted molar refractivity (Wildman–Crippen MR) is 167 cm³/mol. The molecule has 0 radical (unpaired) electrons. The molecular formula is C36H33FN2O5. The topological polar surface area (TPSA) is 70.0 Å². The van der Waals surface area contributed by atoms with Crippen LogP contribution >= 0.6 is 0 Å². The van der Waals surface area contributed by atoms with Crippen molar-refractivity contribution in [3.8, 4) is 11.5 Å². The Morgan fingerprint density at radius 2 is 1.73 bits per heavy atom. The SMILES string of the molecule is Cc1ccc2c(c1)c(CC(=O)OCc1ccccc1)c(C)n2C(=O)c1ccc(OC[C@@H]2CN(C)c3ccccc3O2)cc1F. The van der Waals surface area contributed by atoms with Gasteiger partial charge in [-0.05, 0) is 61.4 Å². The predicted octanol–water partition coefficient (Wildman–Crippen LogP) is 6.65. The fourth-order valence-electron chi connectivity index (χ4n) is 5.66. The zero-order valence-electron chi connectivity index (χ0n) is 24.9. The van der Waals surface area contributed by atoms with Crippen molar-refractivity contribution in [1.29, 1.82) is 0 Å². The molecule has 7 nitrogen and oxygen atoms in total. The lowest BCUT2D eigenvalue weighted by atomic mass is 10.1. The van der Waals surface area contributed by atoms with E-state index < -0.39 is 17.7 Å². The molecule has 1 atom stereocenters. The van der Waals surface area contributed by atoms with Gasteiger partial charge in [-0.25, -0.2) is 4.39 Å². The molecule has 0 N–H and O–H groups in total. The fourth-order valence-corrected chi connectivity index (χ4v) is 5.66. The minimum absolute atomic E-state index is 0.0168. The number of carbonyl (C=O) groups is 2. The Kier molecular flexibility index (Phi) is 8.07. The number of likely N-dealkylation sites (N-methyl/N-ethyl adjacent to an activating group) is 1. The molecular weight excluding hydrogens is 559 g/mol. The Labute approximate surface area is 255 Å². The lowest BCUT2D eigenvalue weighted by molar-refractivity contribution is -0.144. The van der Waals surface area contributed by atoms with Crippen LogP contribution < -0.4 is 14.4 Å². The first-order chi connectivity index (χ1) is 21.3. The fraction of sp³-hybridized carbons (Fsp3) is 0.222. The van der Waals surface area contributed by atoms with Gasteiger partial charge in [0.25, 0.3) is 5.91 Å². The second-order valence-corrected chi connectivity index (χ2v) is 11.1. The van der Waals surface area contributed by atoms with E-state index >= 15 is 4.39 Å². The minimum Gasteiger partial charge on any atom is -0.490 e. The van der Waals surface area contributed by atoms with Crippen LogP contribution in [0.25, 0.3) is 10.9 Å². The van der Waals surface area contributed by atoms with Crippen LogP contribution in [0.3, 0.4) is 0 Å². The molecule has 5 aromatic rings. The zero-order valence-corrected chi connectivity index (χ0v) is 24.9. The van der Waals surface area contributed by atoms with Crippen LogP contribution in [0.15, 0.2) is 91.0 Å². The lowest BCUT2D eigenvalue weighted by Gasteiger charge is -2.33. The van der Waals surface area contributed by atoms with Crippen molar-refractivity contribution < 1.29 is 28.2 Å². The number of fused-ring (bicyclic) bond motifs is 2. The molecule has 0 fully saturated rings. The zero-order chi connectivity index (χ0) is 30.8. The molecule has 0 bridgehead atoms. The molecule has 0 saturated heterocycles. The van der Waals surface area contributed by atoms with Crippen molar-refractivity contribution in [3.05, 3.63) is 125 Å². The summed E-state index contributed by atoms with van der Waals surface area (Å²) in [6, 6.07) is 27.1. The summed E-state index contributed by atoms with van der Waals surface area (Å²) in [5.41, 5.74) is 4.61. The normalized spacial score (nSPS) is 14.2. The van der Waals surface area contributed by atoms with E-state index in [2.05, 4.69) is 4.90 Å². The van der Waals surface area contributed by atoms with Gasteiger partial charge in [-0.15, -0.1) is 0 Å². The van der Waals surface area contributed by atoms with Crippen LogP contribution in [0, 0.1) is 19.7 Å². The number of aromatic nitrogens is 1.